The Balaban J connectivity index is 1.95. The average Bonchev–Trinajstić information content (AvgIpc) is 2.68. The molecule has 2 aromatic carbocycles. The molecule has 0 aliphatic heterocycles. The molecule has 6 heteroatoms. The maximum atomic E-state index is 6.46. The number of nitrogens with one attached hydrogen (secondary N) is 1. The van der Waals surface area contributed by atoms with Crippen molar-refractivity contribution < 1.29 is 9.47 Å². The van der Waals surface area contributed by atoms with Gasteiger partial charge in [-0.1, -0.05) is 73.5 Å². The highest BCUT2D eigenvalue weighted by Gasteiger charge is 2.13. The van der Waals surface area contributed by atoms with Crippen molar-refractivity contribution in [3.8, 4) is 11.5 Å². The molecule has 0 aliphatic rings. The van der Waals surface area contributed by atoms with Gasteiger partial charge in [-0.05, 0) is 36.7 Å². The first-order chi connectivity index (χ1) is 13.6. The molecular formula is C22H28Cl3NO2. The lowest BCUT2D eigenvalue weighted by atomic mass is 10.1. The SMILES string of the molecule is CCCCCCCNCc1cc(OC)c(OCc2c(Cl)cccc2Cl)cc1Cl. The highest BCUT2D eigenvalue weighted by Crippen LogP contribution is 2.35. The summed E-state index contributed by atoms with van der Waals surface area (Å²) in [5.74, 6) is 1.19. The van der Waals surface area contributed by atoms with Crippen LogP contribution in [0.1, 0.15) is 50.2 Å². The summed E-state index contributed by atoms with van der Waals surface area (Å²) in [5, 5.41) is 5.22. The summed E-state index contributed by atoms with van der Waals surface area (Å²) < 4.78 is 11.4. The minimum absolute atomic E-state index is 0.237. The van der Waals surface area contributed by atoms with Gasteiger partial charge >= 0.3 is 0 Å². The van der Waals surface area contributed by atoms with E-state index in [0.717, 1.165) is 17.7 Å². The smallest absolute Gasteiger partial charge is 0.163 e. The van der Waals surface area contributed by atoms with Gasteiger partial charge in [-0.15, -0.1) is 0 Å². The number of rotatable bonds is 12. The molecule has 28 heavy (non-hydrogen) atoms. The molecule has 0 aromatic heterocycles. The molecule has 2 aromatic rings. The lowest BCUT2D eigenvalue weighted by molar-refractivity contribution is 0.284. The number of benzene rings is 2. The third kappa shape index (κ3) is 7.04. The summed E-state index contributed by atoms with van der Waals surface area (Å²) >= 11 is 18.9. The van der Waals surface area contributed by atoms with Crippen LogP contribution in [0.15, 0.2) is 30.3 Å². The monoisotopic (exact) mass is 443 g/mol. The van der Waals surface area contributed by atoms with Gasteiger partial charge in [0, 0.05) is 33.2 Å². The first-order valence-electron chi connectivity index (χ1n) is 9.69. The van der Waals surface area contributed by atoms with E-state index in [4.69, 9.17) is 44.3 Å². The Hall–Kier alpha value is -1.13. The van der Waals surface area contributed by atoms with Crippen LogP contribution in [0, 0.1) is 0 Å². The summed E-state index contributed by atoms with van der Waals surface area (Å²) in [6.07, 6.45) is 6.31. The Morgan fingerprint density at radius 3 is 2.29 bits per heavy atom. The van der Waals surface area contributed by atoms with Crippen LogP contribution in [-0.2, 0) is 13.2 Å². The van der Waals surface area contributed by atoms with Crippen molar-refractivity contribution in [3.63, 3.8) is 0 Å². The largest absolute Gasteiger partial charge is 0.493 e. The second-order valence-corrected chi connectivity index (χ2v) is 7.90. The summed E-state index contributed by atoms with van der Waals surface area (Å²) in [5.41, 5.74) is 1.72. The van der Waals surface area contributed by atoms with E-state index in [1.165, 1.54) is 32.1 Å². The van der Waals surface area contributed by atoms with Crippen LogP contribution in [0.3, 0.4) is 0 Å². The molecule has 0 unspecified atom stereocenters. The van der Waals surface area contributed by atoms with Crippen LogP contribution >= 0.6 is 34.8 Å². The minimum Gasteiger partial charge on any atom is -0.493 e. The Bertz CT molecular complexity index is 733. The van der Waals surface area contributed by atoms with Crippen LogP contribution in [0.25, 0.3) is 0 Å². The fourth-order valence-electron chi connectivity index (χ4n) is 2.88. The second kappa shape index (κ2) is 12.4. The van der Waals surface area contributed by atoms with Crippen molar-refractivity contribution in [2.75, 3.05) is 13.7 Å². The van der Waals surface area contributed by atoms with Crippen molar-refractivity contribution in [3.05, 3.63) is 56.5 Å². The third-order valence-corrected chi connectivity index (χ3v) is 5.60. The summed E-state index contributed by atoms with van der Waals surface area (Å²) in [6.45, 7) is 4.13. The molecule has 3 nitrogen and oxygen atoms in total. The molecule has 0 saturated carbocycles. The Kier molecular flexibility index (Phi) is 10.3. The van der Waals surface area contributed by atoms with E-state index in [-0.39, 0.29) is 6.61 Å². The molecular weight excluding hydrogens is 417 g/mol. The van der Waals surface area contributed by atoms with Crippen LogP contribution in [0.4, 0.5) is 0 Å². The normalized spacial score (nSPS) is 10.9. The van der Waals surface area contributed by atoms with E-state index >= 15 is 0 Å². The fraction of sp³-hybridized carbons (Fsp3) is 0.455. The third-order valence-electron chi connectivity index (χ3n) is 4.54. The quantitative estimate of drug-likeness (QED) is 0.348. The predicted molar refractivity (Wildman–Crippen MR) is 119 cm³/mol. The van der Waals surface area contributed by atoms with Crippen molar-refractivity contribution >= 4 is 34.8 Å². The molecule has 0 heterocycles. The van der Waals surface area contributed by atoms with Gasteiger partial charge in [0.05, 0.1) is 7.11 Å². The fourth-order valence-corrected chi connectivity index (χ4v) is 3.61. The number of ether oxygens (including phenoxy) is 2. The number of unbranched alkanes of at least 4 members (excludes halogenated alkanes) is 4. The predicted octanol–water partition coefficient (Wildman–Crippen LogP) is 7.29. The van der Waals surface area contributed by atoms with E-state index in [1.54, 1.807) is 31.4 Å². The van der Waals surface area contributed by atoms with E-state index in [1.807, 2.05) is 6.07 Å². The zero-order valence-electron chi connectivity index (χ0n) is 16.5. The Labute approximate surface area is 183 Å². The van der Waals surface area contributed by atoms with Crippen LogP contribution in [0.2, 0.25) is 15.1 Å². The van der Waals surface area contributed by atoms with Crippen molar-refractivity contribution in [2.45, 2.75) is 52.2 Å². The first-order valence-corrected chi connectivity index (χ1v) is 10.8. The summed E-state index contributed by atoms with van der Waals surface area (Å²) in [6, 6.07) is 9.07. The van der Waals surface area contributed by atoms with Gasteiger partial charge in [0.2, 0.25) is 0 Å². The number of hydrogen-bond donors (Lipinski definition) is 1. The molecule has 0 fully saturated rings. The zero-order chi connectivity index (χ0) is 20.4. The molecule has 1 N–H and O–H groups in total. The zero-order valence-corrected chi connectivity index (χ0v) is 18.8. The number of methoxy groups -OCH3 is 1. The molecule has 0 aliphatic carbocycles. The van der Waals surface area contributed by atoms with Crippen LogP contribution in [0.5, 0.6) is 11.5 Å². The molecule has 0 spiro atoms. The summed E-state index contributed by atoms with van der Waals surface area (Å²) in [7, 11) is 1.61. The lowest BCUT2D eigenvalue weighted by Gasteiger charge is -2.15. The molecule has 154 valence electrons. The highest BCUT2D eigenvalue weighted by atomic mass is 35.5. The second-order valence-electron chi connectivity index (χ2n) is 6.67. The van der Waals surface area contributed by atoms with Gasteiger partial charge in [-0.25, -0.2) is 0 Å². The molecule has 2 rings (SSSR count). The number of hydrogen-bond acceptors (Lipinski definition) is 3. The average molecular weight is 445 g/mol. The van der Waals surface area contributed by atoms with E-state index < -0.39 is 0 Å². The van der Waals surface area contributed by atoms with Gasteiger partial charge in [0.25, 0.3) is 0 Å². The Morgan fingerprint density at radius 2 is 1.61 bits per heavy atom. The van der Waals surface area contributed by atoms with E-state index in [2.05, 4.69) is 12.2 Å². The standard InChI is InChI=1S/C22H28Cl3NO2/c1-3-4-5-6-7-11-26-14-16-12-21(27-2)22(13-20(16)25)28-15-17-18(23)9-8-10-19(17)24/h8-10,12-13,26H,3-7,11,14-15H2,1-2H3. The van der Waals surface area contributed by atoms with Gasteiger partial charge in [0.15, 0.2) is 11.5 Å². The van der Waals surface area contributed by atoms with Gasteiger partial charge in [0.1, 0.15) is 6.61 Å². The van der Waals surface area contributed by atoms with Crippen LogP contribution in [-0.4, -0.2) is 13.7 Å². The van der Waals surface area contributed by atoms with E-state index in [9.17, 15) is 0 Å². The Morgan fingerprint density at radius 1 is 0.893 bits per heavy atom. The summed E-state index contributed by atoms with van der Waals surface area (Å²) in [4.78, 5) is 0. The molecule has 0 amide bonds. The number of halogens is 3. The van der Waals surface area contributed by atoms with E-state index in [0.29, 0.717) is 33.1 Å². The van der Waals surface area contributed by atoms with Crippen LogP contribution < -0.4 is 14.8 Å². The molecule has 0 saturated heterocycles. The first kappa shape index (κ1) is 23.2. The molecule has 0 radical (unpaired) electrons. The molecule has 0 bridgehead atoms. The molecule has 0 atom stereocenters. The van der Waals surface area contributed by atoms with Crippen molar-refractivity contribution in [1.29, 1.82) is 0 Å². The maximum absolute atomic E-state index is 6.46. The van der Waals surface area contributed by atoms with Crippen molar-refractivity contribution in [1.82, 2.24) is 5.32 Å². The maximum Gasteiger partial charge on any atom is 0.163 e. The minimum atomic E-state index is 0.237. The van der Waals surface area contributed by atoms with Gasteiger partial charge in [-0.2, -0.15) is 0 Å². The lowest BCUT2D eigenvalue weighted by Crippen LogP contribution is -2.15. The van der Waals surface area contributed by atoms with Gasteiger partial charge < -0.3 is 14.8 Å². The highest BCUT2D eigenvalue weighted by molar-refractivity contribution is 6.36. The van der Waals surface area contributed by atoms with Crippen molar-refractivity contribution in [2.24, 2.45) is 0 Å². The topological polar surface area (TPSA) is 30.5 Å². The van der Waals surface area contributed by atoms with Gasteiger partial charge in [-0.3, -0.25) is 0 Å².